The zero-order chi connectivity index (χ0) is 14.6. The maximum atomic E-state index is 12.7. The van der Waals surface area contributed by atoms with Crippen LogP contribution in [-0.4, -0.2) is 23.0 Å². The third kappa shape index (κ3) is 3.19. The summed E-state index contributed by atoms with van der Waals surface area (Å²) in [4.78, 5) is 24.1. The van der Waals surface area contributed by atoms with Crippen molar-refractivity contribution in [1.82, 2.24) is 4.98 Å². The molecule has 0 aliphatic heterocycles. The van der Waals surface area contributed by atoms with Crippen molar-refractivity contribution in [3.05, 3.63) is 33.1 Å². The van der Waals surface area contributed by atoms with E-state index in [-0.39, 0.29) is 5.56 Å². The van der Waals surface area contributed by atoms with Crippen LogP contribution in [0.3, 0.4) is 0 Å². The number of carbonyl (C=O) groups excluding carboxylic acids is 1. The first-order chi connectivity index (χ1) is 8.90. The third-order valence-corrected chi connectivity index (χ3v) is 2.16. The Morgan fingerprint density at radius 2 is 2.32 bits per heavy atom. The van der Waals surface area contributed by atoms with Gasteiger partial charge in [0.25, 0.3) is 12.1 Å². The SMILES string of the molecule is COC(=O)Cc1cc(C#N)nc(C(F)F)c1[N+](=O)[O-]. The van der Waals surface area contributed by atoms with Crippen molar-refractivity contribution in [2.24, 2.45) is 0 Å². The quantitative estimate of drug-likeness (QED) is 0.466. The highest BCUT2D eigenvalue weighted by Crippen LogP contribution is 2.31. The Morgan fingerprint density at radius 1 is 1.68 bits per heavy atom. The minimum absolute atomic E-state index is 0.335. The van der Waals surface area contributed by atoms with Crippen molar-refractivity contribution < 1.29 is 23.2 Å². The number of pyridine rings is 1. The molecule has 0 atom stereocenters. The monoisotopic (exact) mass is 271 g/mol. The largest absolute Gasteiger partial charge is 0.469 e. The molecule has 100 valence electrons. The number of esters is 1. The number of hydrogen-bond acceptors (Lipinski definition) is 6. The van der Waals surface area contributed by atoms with Crippen LogP contribution in [-0.2, 0) is 16.0 Å². The number of alkyl halides is 2. The maximum Gasteiger partial charge on any atom is 0.310 e. The van der Waals surface area contributed by atoms with Crippen LogP contribution in [0.1, 0.15) is 23.4 Å². The van der Waals surface area contributed by atoms with E-state index in [0.29, 0.717) is 0 Å². The molecule has 0 aliphatic carbocycles. The number of carbonyl (C=O) groups is 1. The minimum atomic E-state index is -3.23. The second kappa shape index (κ2) is 5.81. The van der Waals surface area contributed by atoms with Crippen molar-refractivity contribution in [3.8, 4) is 6.07 Å². The summed E-state index contributed by atoms with van der Waals surface area (Å²) in [6.45, 7) is 0. The van der Waals surface area contributed by atoms with E-state index in [9.17, 15) is 23.7 Å². The van der Waals surface area contributed by atoms with Gasteiger partial charge < -0.3 is 4.74 Å². The molecule has 0 N–H and O–H groups in total. The molecule has 19 heavy (non-hydrogen) atoms. The lowest BCUT2D eigenvalue weighted by Gasteiger charge is -2.06. The Bertz CT molecular complexity index is 569. The number of rotatable bonds is 4. The number of nitrogens with zero attached hydrogens (tertiary/aromatic N) is 3. The molecule has 0 aromatic carbocycles. The molecule has 0 aliphatic rings. The van der Waals surface area contributed by atoms with Crippen molar-refractivity contribution in [3.63, 3.8) is 0 Å². The molecule has 0 fully saturated rings. The van der Waals surface area contributed by atoms with E-state index < -0.39 is 40.8 Å². The normalized spacial score (nSPS) is 10.1. The van der Waals surface area contributed by atoms with E-state index in [1.807, 2.05) is 0 Å². The molecule has 0 saturated carbocycles. The number of ether oxygens (including phenoxy) is 1. The molecule has 0 bridgehead atoms. The molecule has 0 radical (unpaired) electrons. The van der Waals surface area contributed by atoms with E-state index in [2.05, 4.69) is 9.72 Å². The highest BCUT2D eigenvalue weighted by Gasteiger charge is 2.29. The predicted octanol–water partition coefficient (Wildman–Crippen LogP) is 1.51. The number of methoxy groups -OCH3 is 1. The van der Waals surface area contributed by atoms with E-state index in [1.54, 1.807) is 0 Å². The average Bonchev–Trinajstić information content (AvgIpc) is 2.36. The first-order valence-electron chi connectivity index (χ1n) is 4.84. The van der Waals surface area contributed by atoms with E-state index in [1.165, 1.54) is 6.07 Å². The summed E-state index contributed by atoms with van der Waals surface area (Å²) in [6.07, 6.45) is -3.82. The van der Waals surface area contributed by atoms with Crippen LogP contribution in [0, 0.1) is 21.4 Å². The Hall–Kier alpha value is -2.63. The van der Waals surface area contributed by atoms with Gasteiger partial charge in [-0.25, -0.2) is 13.8 Å². The molecular formula is C10H7F2N3O4. The summed E-state index contributed by atoms with van der Waals surface area (Å²) < 4.78 is 29.7. The first kappa shape index (κ1) is 14.4. The molecule has 0 saturated heterocycles. The number of aromatic nitrogens is 1. The molecule has 1 aromatic rings. The third-order valence-electron chi connectivity index (χ3n) is 2.16. The van der Waals surface area contributed by atoms with Crippen LogP contribution >= 0.6 is 0 Å². The molecule has 1 heterocycles. The molecule has 9 heteroatoms. The molecule has 0 unspecified atom stereocenters. The minimum Gasteiger partial charge on any atom is -0.469 e. The van der Waals surface area contributed by atoms with Crippen LogP contribution in [0.4, 0.5) is 14.5 Å². The molecule has 1 rings (SSSR count). The number of nitriles is 1. The Morgan fingerprint density at radius 3 is 2.74 bits per heavy atom. The van der Waals surface area contributed by atoms with Crippen LogP contribution in [0.15, 0.2) is 6.07 Å². The smallest absolute Gasteiger partial charge is 0.310 e. The van der Waals surface area contributed by atoms with Gasteiger partial charge in [-0.3, -0.25) is 14.9 Å². The summed E-state index contributed by atoms with van der Waals surface area (Å²) in [7, 11) is 1.05. The fourth-order valence-electron chi connectivity index (χ4n) is 1.40. The summed E-state index contributed by atoms with van der Waals surface area (Å²) in [5.74, 6) is -0.849. The topological polar surface area (TPSA) is 106 Å². The van der Waals surface area contributed by atoms with E-state index >= 15 is 0 Å². The number of nitro groups is 1. The molecule has 1 aromatic heterocycles. The predicted molar refractivity (Wildman–Crippen MR) is 56.3 cm³/mol. The highest BCUT2D eigenvalue weighted by atomic mass is 19.3. The van der Waals surface area contributed by atoms with Crippen LogP contribution in [0.25, 0.3) is 0 Å². The average molecular weight is 271 g/mol. The van der Waals surface area contributed by atoms with Gasteiger partial charge in [-0.15, -0.1) is 0 Å². The Balaban J connectivity index is 3.49. The molecule has 0 amide bonds. The van der Waals surface area contributed by atoms with Gasteiger partial charge in [0.05, 0.1) is 18.5 Å². The van der Waals surface area contributed by atoms with Crippen LogP contribution in [0.2, 0.25) is 0 Å². The van der Waals surface area contributed by atoms with E-state index in [0.717, 1.165) is 13.2 Å². The van der Waals surface area contributed by atoms with Gasteiger partial charge >= 0.3 is 5.97 Å². The van der Waals surface area contributed by atoms with Crippen LogP contribution < -0.4 is 0 Å². The summed E-state index contributed by atoms with van der Waals surface area (Å²) in [5.41, 5.74) is -2.87. The van der Waals surface area contributed by atoms with Gasteiger partial charge in [-0.2, -0.15) is 5.26 Å². The van der Waals surface area contributed by atoms with Gasteiger partial charge in [0.2, 0.25) is 0 Å². The second-order valence-corrected chi connectivity index (χ2v) is 3.32. The molecular weight excluding hydrogens is 264 g/mol. The maximum absolute atomic E-state index is 12.7. The number of halogens is 2. The first-order valence-corrected chi connectivity index (χ1v) is 4.84. The van der Waals surface area contributed by atoms with Gasteiger partial charge in [0.1, 0.15) is 11.8 Å². The lowest BCUT2D eigenvalue weighted by Crippen LogP contribution is -2.11. The Kier molecular flexibility index (Phi) is 4.41. The fourth-order valence-corrected chi connectivity index (χ4v) is 1.40. The lowest BCUT2D eigenvalue weighted by atomic mass is 10.1. The van der Waals surface area contributed by atoms with Crippen LogP contribution in [0.5, 0.6) is 0 Å². The van der Waals surface area contributed by atoms with Gasteiger partial charge in [0, 0.05) is 5.56 Å². The standard InChI is InChI=1S/C10H7F2N3O4/c1-19-7(16)3-5-2-6(4-13)14-8(10(11)12)9(5)15(17)18/h2,10H,3H2,1H3. The van der Waals surface area contributed by atoms with Crippen molar-refractivity contribution >= 4 is 11.7 Å². The van der Waals surface area contributed by atoms with Crippen molar-refractivity contribution in [1.29, 1.82) is 5.26 Å². The molecule has 0 spiro atoms. The Labute approximate surface area is 105 Å². The second-order valence-electron chi connectivity index (χ2n) is 3.32. The highest BCUT2D eigenvalue weighted by molar-refractivity contribution is 5.74. The summed E-state index contributed by atoms with van der Waals surface area (Å²) in [5, 5.41) is 19.5. The van der Waals surface area contributed by atoms with Crippen molar-refractivity contribution in [2.75, 3.05) is 7.11 Å². The zero-order valence-electron chi connectivity index (χ0n) is 9.59. The summed E-state index contributed by atoms with van der Waals surface area (Å²) >= 11 is 0. The molecule has 7 nitrogen and oxygen atoms in total. The summed E-state index contributed by atoms with van der Waals surface area (Å²) in [6, 6.07) is 2.42. The fraction of sp³-hybridized carbons (Fsp3) is 0.300. The number of hydrogen-bond donors (Lipinski definition) is 0. The van der Waals surface area contributed by atoms with Gasteiger partial charge in [0.15, 0.2) is 5.69 Å². The van der Waals surface area contributed by atoms with Gasteiger partial charge in [-0.05, 0) is 6.07 Å². The van der Waals surface area contributed by atoms with Gasteiger partial charge in [-0.1, -0.05) is 0 Å². The van der Waals surface area contributed by atoms with Crippen molar-refractivity contribution in [2.45, 2.75) is 12.8 Å². The van der Waals surface area contributed by atoms with E-state index in [4.69, 9.17) is 5.26 Å². The zero-order valence-corrected chi connectivity index (χ0v) is 9.59. The lowest BCUT2D eigenvalue weighted by molar-refractivity contribution is -0.387.